The highest BCUT2D eigenvalue weighted by atomic mass is 35.5. The van der Waals surface area contributed by atoms with E-state index in [9.17, 15) is 4.79 Å². The molecule has 1 aromatic carbocycles. The van der Waals surface area contributed by atoms with Gasteiger partial charge in [0.15, 0.2) is 0 Å². The third-order valence-electron chi connectivity index (χ3n) is 6.45. The molecule has 28 heavy (non-hydrogen) atoms. The van der Waals surface area contributed by atoms with E-state index < -0.39 is 0 Å². The van der Waals surface area contributed by atoms with Gasteiger partial charge in [-0.25, -0.2) is 4.98 Å². The standard InChI is InChI=1S/C21H30N4O.2ClH/c1-12(2)19(20-23-16-8-3-4-9-17(16)24-20)25-21(26)15-10-13-6-5-7-14(11-15)18(13)22;;/h3-4,8-9,12-15,18-19H,5-7,10-11,22H2,1-2H3,(H,23,24)(H,25,26);2*1H. The van der Waals surface area contributed by atoms with Crippen LogP contribution in [0.1, 0.15) is 57.8 Å². The molecule has 2 fully saturated rings. The second-order valence-corrected chi connectivity index (χ2v) is 8.57. The zero-order chi connectivity index (χ0) is 18.3. The van der Waals surface area contributed by atoms with Gasteiger partial charge in [0.05, 0.1) is 17.1 Å². The van der Waals surface area contributed by atoms with Gasteiger partial charge < -0.3 is 16.0 Å². The molecule has 0 spiro atoms. The van der Waals surface area contributed by atoms with Crippen molar-refractivity contribution in [1.29, 1.82) is 0 Å². The van der Waals surface area contributed by atoms with Gasteiger partial charge in [-0.3, -0.25) is 4.79 Å². The van der Waals surface area contributed by atoms with Crippen molar-refractivity contribution < 1.29 is 4.79 Å². The summed E-state index contributed by atoms with van der Waals surface area (Å²) in [5.41, 5.74) is 8.34. The highest BCUT2D eigenvalue weighted by molar-refractivity contribution is 5.85. The number of nitrogens with two attached hydrogens (primary N) is 1. The highest BCUT2D eigenvalue weighted by Crippen LogP contribution is 2.42. The van der Waals surface area contributed by atoms with Crippen LogP contribution in [0.3, 0.4) is 0 Å². The van der Waals surface area contributed by atoms with E-state index in [4.69, 9.17) is 10.7 Å². The number of carbonyl (C=O) groups is 1. The lowest BCUT2D eigenvalue weighted by molar-refractivity contribution is -0.129. The topological polar surface area (TPSA) is 83.8 Å². The van der Waals surface area contributed by atoms with Gasteiger partial charge in [-0.1, -0.05) is 32.4 Å². The number of carbonyl (C=O) groups excluding carboxylic acids is 1. The minimum absolute atomic E-state index is 0. The third kappa shape index (κ3) is 4.47. The number of fused-ring (bicyclic) bond motifs is 3. The van der Waals surface area contributed by atoms with Crippen LogP contribution in [0.2, 0.25) is 0 Å². The number of benzene rings is 1. The van der Waals surface area contributed by atoms with Gasteiger partial charge in [0.2, 0.25) is 5.91 Å². The van der Waals surface area contributed by atoms with E-state index >= 15 is 0 Å². The number of aromatic amines is 1. The molecule has 4 rings (SSSR count). The molecule has 2 saturated carbocycles. The van der Waals surface area contributed by atoms with E-state index in [1.54, 1.807) is 0 Å². The summed E-state index contributed by atoms with van der Waals surface area (Å²) in [6.45, 7) is 4.26. The van der Waals surface area contributed by atoms with Crippen LogP contribution in [0.15, 0.2) is 24.3 Å². The van der Waals surface area contributed by atoms with Gasteiger partial charge >= 0.3 is 0 Å². The molecule has 0 aliphatic heterocycles. The van der Waals surface area contributed by atoms with Crippen LogP contribution >= 0.6 is 24.8 Å². The molecule has 2 aliphatic carbocycles. The molecule has 156 valence electrons. The van der Waals surface area contributed by atoms with Gasteiger partial charge in [0, 0.05) is 12.0 Å². The predicted octanol–water partition coefficient (Wildman–Crippen LogP) is 4.37. The number of amides is 1. The Bertz CT molecular complexity index is 747. The molecule has 1 amide bonds. The maximum absolute atomic E-state index is 13.0. The van der Waals surface area contributed by atoms with E-state index in [1.807, 2.05) is 24.3 Å². The molecule has 2 aromatic rings. The number of nitrogens with one attached hydrogen (secondary N) is 2. The molecule has 2 bridgehead atoms. The molecule has 7 heteroatoms. The molecular formula is C21H32Cl2N4O. The summed E-state index contributed by atoms with van der Waals surface area (Å²) in [6.07, 6.45) is 5.51. The predicted molar refractivity (Wildman–Crippen MR) is 118 cm³/mol. The Morgan fingerprint density at radius 2 is 1.82 bits per heavy atom. The smallest absolute Gasteiger partial charge is 0.223 e. The van der Waals surface area contributed by atoms with Crippen molar-refractivity contribution in [2.75, 3.05) is 0 Å². The fraction of sp³-hybridized carbons (Fsp3) is 0.619. The second kappa shape index (κ2) is 9.47. The van der Waals surface area contributed by atoms with Crippen LogP contribution < -0.4 is 11.1 Å². The molecular weight excluding hydrogens is 395 g/mol. The Kier molecular flexibility index (Phi) is 7.77. The average molecular weight is 427 g/mol. The molecule has 3 atom stereocenters. The maximum atomic E-state index is 13.0. The van der Waals surface area contributed by atoms with Crippen molar-refractivity contribution in [2.24, 2.45) is 29.4 Å². The first-order valence-electron chi connectivity index (χ1n) is 10.0. The fourth-order valence-corrected chi connectivity index (χ4v) is 4.94. The van der Waals surface area contributed by atoms with E-state index in [1.165, 1.54) is 19.3 Å². The van der Waals surface area contributed by atoms with Gasteiger partial charge in [-0.2, -0.15) is 0 Å². The number of halogens is 2. The minimum Gasteiger partial charge on any atom is -0.346 e. The quantitative estimate of drug-likeness (QED) is 0.677. The minimum atomic E-state index is -0.0923. The summed E-state index contributed by atoms with van der Waals surface area (Å²) in [6, 6.07) is 8.21. The summed E-state index contributed by atoms with van der Waals surface area (Å²) < 4.78 is 0. The first-order chi connectivity index (χ1) is 12.5. The number of hydrogen-bond donors (Lipinski definition) is 3. The van der Waals surface area contributed by atoms with Crippen molar-refractivity contribution >= 4 is 41.8 Å². The number of imidazole rings is 1. The van der Waals surface area contributed by atoms with Crippen molar-refractivity contribution in [3.63, 3.8) is 0 Å². The first-order valence-corrected chi connectivity index (χ1v) is 10.0. The lowest BCUT2D eigenvalue weighted by atomic mass is 9.65. The summed E-state index contributed by atoms with van der Waals surface area (Å²) in [7, 11) is 0. The first kappa shape index (κ1) is 23.0. The van der Waals surface area contributed by atoms with E-state index in [-0.39, 0.29) is 48.6 Å². The number of aromatic nitrogens is 2. The monoisotopic (exact) mass is 426 g/mol. The van der Waals surface area contributed by atoms with Crippen LogP contribution in [-0.2, 0) is 4.79 Å². The zero-order valence-electron chi connectivity index (χ0n) is 16.6. The molecule has 1 heterocycles. The van der Waals surface area contributed by atoms with Crippen molar-refractivity contribution in [1.82, 2.24) is 15.3 Å². The number of hydrogen-bond acceptors (Lipinski definition) is 3. The van der Waals surface area contributed by atoms with E-state index in [0.717, 1.165) is 29.7 Å². The Morgan fingerprint density at radius 1 is 1.18 bits per heavy atom. The van der Waals surface area contributed by atoms with Crippen molar-refractivity contribution in [3.8, 4) is 0 Å². The Hall–Kier alpha value is -1.30. The lowest BCUT2D eigenvalue weighted by Gasteiger charge is -2.43. The number of H-pyrrole nitrogens is 1. The van der Waals surface area contributed by atoms with Crippen LogP contribution in [0, 0.1) is 23.7 Å². The Labute approximate surface area is 179 Å². The summed E-state index contributed by atoms with van der Waals surface area (Å²) in [4.78, 5) is 21.1. The molecule has 2 aliphatic rings. The molecule has 5 nitrogen and oxygen atoms in total. The van der Waals surface area contributed by atoms with Gasteiger partial charge in [0.1, 0.15) is 5.82 Å². The second-order valence-electron chi connectivity index (χ2n) is 8.57. The Balaban J connectivity index is 0.00000140. The SMILES string of the molecule is CC(C)C(NC(=O)C1CC2CCCC(C1)C2N)c1nc2ccccc2[nH]1.Cl.Cl. The third-order valence-corrected chi connectivity index (χ3v) is 6.45. The van der Waals surface area contributed by atoms with Gasteiger partial charge in [-0.05, 0) is 55.6 Å². The van der Waals surface area contributed by atoms with Crippen LogP contribution in [0.5, 0.6) is 0 Å². The number of para-hydroxylation sites is 2. The molecule has 0 radical (unpaired) electrons. The molecule has 3 unspecified atom stereocenters. The fourth-order valence-electron chi connectivity index (χ4n) is 4.94. The molecule has 0 saturated heterocycles. The van der Waals surface area contributed by atoms with E-state index in [2.05, 4.69) is 24.1 Å². The van der Waals surface area contributed by atoms with Crippen LogP contribution in [0.4, 0.5) is 0 Å². The lowest BCUT2D eigenvalue weighted by Crippen LogP contribution is -2.49. The molecule has 1 aromatic heterocycles. The van der Waals surface area contributed by atoms with Crippen molar-refractivity contribution in [2.45, 2.75) is 58.0 Å². The summed E-state index contributed by atoms with van der Waals surface area (Å²) >= 11 is 0. The average Bonchev–Trinajstić information content (AvgIpc) is 3.02. The molecule has 4 N–H and O–H groups in total. The van der Waals surface area contributed by atoms with Crippen LogP contribution in [-0.4, -0.2) is 21.9 Å². The normalized spacial score (nSPS) is 27.6. The van der Waals surface area contributed by atoms with Crippen LogP contribution in [0.25, 0.3) is 11.0 Å². The van der Waals surface area contributed by atoms with Crippen molar-refractivity contribution in [3.05, 3.63) is 30.1 Å². The number of nitrogens with zero attached hydrogens (tertiary/aromatic N) is 1. The van der Waals surface area contributed by atoms with E-state index in [0.29, 0.717) is 17.9 Å². The highest BCUT2D eigenvalue weighted by Gasteiger charge is 2.41. The largest absolute Gasteiger partial charge is 0.346 e. The number of rotatable bonds is 4. The zero-order valence-corrected chi connectivity index (χ0v) is 18.2. The summed E-state index contributed by atoms with van der Waals surface area (Å²) in [5, 5.41) is 3.29. The van der Waals surface area contributed by atoms with Gasteiger partial charge in [-0.15, -0.1) is 24.8 Å². The Morgan fingerprint density at radius 3 is 2.43 bits per heavy atom. The van der Waals surface area contributed by atoms with Gasteiger partial charge in [0.25, 0.3) is 0 Å². The maximum Gasteiger partial charge on any atom is 0.223 e. The summed E-state index contributed by atoms with van der Waals surface area (Å²) in [5.74, 6) is 2.42.